The van der Waals surface area contributed by atoms with Gasteiger partial charge in [-0.05, 0) is 19.4 Å². The smallest absolute Gasteiger partial charge is 0.191 e. The number of imidazole rings is 1. The second kappa shape index (κ2) is 12.6. The van der Waals surface area contributed by atoms with Gasteiger partial charge in [-0.3, -0.25) is 4.99 Å². The van der Waals surface area contributed by atoms with Crippen LogP contribution in [0.1, 0.15) is 28.2 Å². The number of nitrogens with zero attached hydrogens (tertiary/aromatic N) is 4. The highest BCUT2D eigenvalue weighted by Crippen LogP contribution is 2.11. The molecule has 2 N–H and O–H groups in total. The predicted octanol–water partition coefficient (Wildman–Crippen LogP) is 3.65. The summed E-state index contributed by atoms with van der Waals surface area (Å²) >= 11 is 1.74. The van der Waals surface area contributed by atoms with E-state index in [0.717, 1.165) is 55.8 Å². The van der Waals surface area contributed by atoms with Crippen LogP contribution in [0.5, 0.6) is 0 Å². The zero-order valence-corrected chi connectivity index (χ0v) is 20.1. The van der Waals surface area contributed by atoms with E-state index < -0.39 is 0 Å². The molecule has 0 saturated heterocycles. The van der Waals surface area contributed by atoms with E-state index in [-0.39, 0.29) is 24.0 Å². The average Bonchev–Trinajstić information content (AvgIpc) is 3.31. The molecule has 2 aromatic heterocycles. The van der Waals surface area contributed by atoms with Crippen molar-refractivity contribution >= 4 is 41.3 Å². The highest BCUT2D eigenvalue weighted by atomic mass is 127. The summed E-state index contributed by atoms with van der Waals surface area (Å²) in [5, 5.41) is 7.85. The van der Waals surface area contributed by atoms with Crippen LogP contribution in [0.2, 0.25) is 0 Å². The minimum Gasteiger partial charge on any atom is -0.357 e. The van der Waals surface area contributed by atoms with Crippen molar-refractivity contribution in [1.82, 2.24) is 25.2 Å². The Kier molecular flexibility index (Phi) is 10.1. The summed E-state index contributed by atoms with van der Waals surface area (Å²) < 4.78 is 2.20. The highest BCUT2D eigenvalue weighted by Gasteiger charge is 2.05. The zero-order chi connectivity index (χ0) is 19.6. The van der Waals surface area contributed by atoms with Crippen LogP contribution in [0.25, 0.3) is 0 Å². The Labute approximate surface area is 193 Å². The van der Waals surface area contributed by atoms with Gasteiger partial charge in [0.05, 0.1) is 5.01 Å². The summed E-state index contributed by atoms with van der Waals surface area (Å²) in [6.45, 7) is 7.35. The highest BCUT2D eigenvalue weighted by molar-refractivity contribution is 14.0. The normalized spacial score (nSPS) is 11.2. The van der Waals surface area contributed by atoms with Gasteiger partial charge in [0.25, 0.3) is 0 Å². The van der Waals surface area contributed by atoms with Gasteiger partial charge in [0.1, 0.15) is 5.82 Å². The van der Waals surface area contributed by atoms with Gasteiger partial charge >= 0.3 is 0 Å². The van der Waals surface area contributed by atoms with Gasteiger partial charge in [-0.15, -0.1) is 35.3 Å². The molecule has 8 heteroatoms. The number of aromatic nitrogens is 3. The first-order valence-electron chi connectivity index (χ1n) is 9.72. The molecule has 0 radical (unpaired) electrons. The van der Waals surface area contributed by atoms with Crippen molar-refractivity contribution in [3.8, 4) is 0 Å². The van der Waals surface area contributed by atoms with E-state index in [2.05, 4.69) is 68.3 Å². The third-order valence-electron chi connectivity index (χ3n) is 4.25. The first kappa shape index (κ1) is 23.3. The van der Waals surface area contributed by atoms with Gasteiger partial charge in [-0.2, -0.15) is 0 Å². The largest absolute Gasteiger partial charge is 0.357 e. The number of rotatable bonds is 9. The molecular formula is C21H29IN6S. The van der Waals surface area contributed by atoms with Gasteiger partial charge in [-0.1, -0.05) is 30.3 Å². The Morgan fingerprint density at radius 1 is 1.14 bits per heavy atom. The van der Waals surface area contributed by atoms with Gasteiger partial charge in [0.2, 0.25) is 0 Å². The Hall–Kier alpha value is -1.94. The number of hydrogen-bond donors (Lipinski definition) is 2. The monoisotopic (exact) mass is 524 g/mol. The second-order valence-corrected chi connectivity index (χ2v) is 7.83. The van der Waals surface area contributed by atoms with Crippen molar-refractivity contribution in [1.29, 1.82) is 0 Å². The molecule has 1 aromatic carbocycles. The molecule has 156 valence electrons. The summed E-state index contributed by atoms with van der Waals surface area (Å²) in [5.74, 6) is 1.92. The molecule has 0 bridgehead atoms. The van der Waals surface area contributed by atoms with Crippen LogP contribution in [-0.2, 0) is 19.4 Å². The lowest BCUT2D eigenvalue weighted by atomic mass is 10.2. The predicted molar refractivity (Wildman–Crippen MR) is 131 cm³/mol. The van der Waals surface area contributed by atoms with E-state index in [4.69, 9.17) is 0 Å². The Morgan fingerprint density at radius 3 is 2.69 bits per heavy atom. The van der Waals surface area contributed by atoms with E-state index >= 15 is 0 Å². The van der Waals surface area contributed by atoms with E-state index in [1.165, 1.54) is 10.4 Å². The summed E-state index contributed by atoms with van der Waals surface area (Å²) in [5.41, 5.74) is 1.28. The fourth-order valence-corrected chi connectivity index (χ4v) is 3.68. The fourth-order valence-electron chi connectivity index (χ4n) is 2.91. The van der Waals surface area contributed by atoms with E-state index in [1.54, 1.807) is 11.3 Å². The molecular weight excluding hydrogens is 495 g/mol. The maximum Gasteiger partial charge on any atom is 0.191 e. The van der Waals surface area contributed by atoms with Crippen LogP contribution in [0.15, 0.2) is 53.9 Å². The standard InChI is InChI=1S/C21H28N6S.HI/c1-3-22-21(25-12-10-20-26-15-17(2)28-20)24-11-9-19-23-13-14-27(19)16-18-7-5-4-6-8-18;/h4-8,13-15H,3,9-12,16H2,1-2H3,(H2,22,24,25);1H. The van der Waals surface area contributed by atoms with Crippen LogP contribution >= 0.6 is 35.3 Å². The summed E-state index contributed by atoms with van der Waals surface area (Å²) in [6.07, 6.45) is 7.54. The van der Waals surface area contributed by atoms with E-state index in [0.29, 0.717) is 0 Å². The van der Waals surface area contributed by atoms with E-state index in [9.17, 15) is 0 Å². The summed E-state index contributed by atoms with van der Waals surface area (Å²) in [7, 11) is 0. The van der Waals surface area contributed by atoms with Crippen LogP contribution in [0.4, 0.5) is 0 Å². The summed E-state index contributed by atoms with van der Waals surface area (Å²) in [4.78, 5) is 14.8. The quantitative estimate of drug-likeness (QED) is 0.255. The van der Waals surface area contributed by atoms with Crippen LogP contribution in [0.3, 0.4) is 0 Å². The molecule has 6 nitrogen and oxygen atoms in total. The number of benzene rings is 1. The molecule has 0 aliphatic carbocycles. The fraction of sp³-hybridized carbons (Fsp3) is 0.381. The molecule has 0 aliphatic rings. The maximum absolute atomic E-state index is 4.66. The van der Waals surface area contributed by atoms with Crippen molar-refractivity contribution in [2.75, 3.05) is 19.6 Å². The second-order valence-electron chi connectivity index (χ2n) is 6.51. The molecule has 29 heavy (non-hydrogen) atoms. The van der Waals surface area contributed by atoms with Crippen molar-refractivity contribution in [2.24, 2.45) is 4.99 Å². The van der Waals surface area contributed by atoms with Crippen molar-refractivity contribution in [3.05, 3.63) is 70.2 Å². The lowest BCUT2D eigenvalue weighted by molar-refractivity contribution is 0.694. The molecule has 0 amide bonds. The SMILES string of the molecule is CCNC(=NCCc1ncc(C)s1)NCCc1nccn1Cc1ccccc1.I. The molecule has 0 spiro atoms. The van der Waals surface area contributed by atoms with Gasteiger partial charge in [0, 0.05) is 62.5 Å². The van der Waals surface area contributed by atoms with Gasteiger partial charge < -0.3 is 15.2 Å². The van der Waals surface area contributed by atoms with Crippen molar-refractivity contribution < 1.29 is 0 Å². The zero-order valence-electron chi connectivity index (χ0n) is 17.0. The van der Waals surface area contributed by atoms with Gasteiger partial charge in [0.15, 0.2) is 5.96 Å². The molecule has 3 aromatic rings. The molecule has 0 saturated carbocycles. The Bertz CT molecular complexity index is 874. The Morgan fingerprint density at radius 2 is 1.97 bits per heavy atom. The maximum atomic E-state index is 4.66. The molecule has 0 atom stereocenters. The van der Waals surface area contributed by atoms with Crippen molar-refractivity contribution in [3.63, 3.8) is 0 Å². The molecule has 2 heterocycles. The lowest BCUT2D eigenvalue weighted by Crippen LogP contribution is -2.38. The number of hydrogen-bond acceptors (Lipinski definition) is 4. The molecule has 0 fully saturated rings. The minimum atomic E-state index is 0. The number of halogens is 1. The number of aliphatic imine (C=N–C) groups is 1. The number of aryl methyl sites for hydroxylation is 1. The molecule has 3 rings (SSSR count). The average molecular weight is 524 g/mol. The van der Waals surface area contributed by atoms with Crippen LogP contribution in [0, 0.1) is 6.92 Å². The molecule has 0 unspecified atom stereocenters. The van der Waals surface area contributed by atoms with Crippen LogP contribution in [-0.4, -0.2) is 40.1 Å². The van der Waals surface area contributed by atoms with Crippen LogP contribution < -0.4 is 10.6 Å². The van der Waals surface area contributed by atoms with Crippen molar-refractivity contribution in [2.45, 2.75) is 33.2 Å². The minimum absolute atomic E-state index is 0. The first-order valence-corrected chi connectivity index (χ1v) is 10.5. The topological polar surface area (TPSA) is 67.1 Å². The number of nitrogens with one attached hydrogen (secondary N) is 2. The number of thiazole rings is 1. The first-order chi connectivity index (χ1) is 13.7. The van der Waals surface area contributed by atoms with E-state index in [1.807, 2.05) is 24.7 Å². The third kappa shape index (κ3) is 7.77. The van der Waals surface area contributed by atoms with Gasteiger partial charge in [-0.25, -0.2) is 9.97 Å². The summed E-state index contributed by atoms with van der Waals surface area (Å²) in [6, 6.07) is 10.5. The Balaban J connectivity index is 0.00000300. The molecule has 0 aliphatic heterocycles. The third-order valence-corrected chi connectivity index (χ3v) is 5.22. The number of guanidine groups is 1. The lowest BCUT2D eigenvalue weighted by Gasteiger charge is -2.12.